The predicted molar refractivity (Wildman–Crippen MR) is 95.8 cm³/mol. The number of aliphatic hydroxyl groups excluding tert-OH is 1. The molecule has 0 rings (SSSR count). The fourth-order valence-corrected chi connectivity index (χ4v) is 2.94. The first-order chi connectivity index (χ1) is 10.2. The van der Waals surface area contributed by atoms with E-state index in [2.05, 4.69) is 20.8 Å². The molecule has 0 aliphatic rings. The Hall–Kier alpha value is -0.0400. The number of rotatable bonds is 16. The van der Waals surface area contributed by atoms with Crippen LogP contribution in [-0.2, 0) is 0 Å². The van der Waals surface area contributed by atoms with Crippen LogP contribution in [0.2, 0.25) is 0 Å². The Morgan fingerprint density at radius 1 is 0.571 bits per heavy atom. The fourth-order valence-electron chi connectivity index (χ4n) is 2.94. The molecule has 0 saturated carbocycles. The van der Waals surface area contributed by atoms with Gasteiger partial charge in [-0.05, 0) is 18.8 Å². The molecule has 0 radical (unpaired) electrons. The van der Waals surface area contributed by atoms with E-state index in [0.717, 1.165) is 18.8 Å². The van der Waals surface area contributed by atoms with Gasteiger partial charge in [-0.15, -0.1) is 0 Å². The van der Waals surface area contributed by atoms with Gasteiger partial charge in [-0.1, -0.05) is 104 Å². The first-order valence-electron chi connectivity index (χ1n) is 9.84. The second-order valence-corrected chi connectivity index (χ2v) is 7.30. The van der Waals surface area contributed by atoms with Crippen LogP contribution in [-0.4, -0.2) is 11.2 Å². The third kappa shape index (κ3) is 17.9. The zero-order valence-electron chi connectivity index (χ0n) is 15.2. The monoisotopic (exact) mass is 298 g/mol. The molecule has 0 aliphatic heterocycles. The molecular weight excluding hydrogens is 256 g/mol. The highest BCUT2D eigenvalue weighted by atomic mass is 16.3. The van der Waals surface area contributed by atoms with Gasteiger partial charge in [0.2, 0.25) is 0 Å². The van der Waals surface area contributed by atoms with Crippen molar-refractivity contribution in [3.63, 3.8) is 0 Å². The van der Waals surface area contributed by atoms with Gasteiger partial charge in [0.1, 0.15) is 0 Å². The van der Waals surface area contributed by atoms with Crippen LogP contribution in [0.4, 0.5) is 0 Å². The van der Waals surface area contributed by atoms with E-state index in [0.29, 0.717) is 0 Å². The van der Waals surface area contributed by atoms with Gasteiger partial charge in [0.05, 0.1) is 6.10 Å². The summed E-state index contributed by atoms with van der Waals surface area (Å²) < 4.78 is 0. The van der Waals surface area contributed by atoms with E-state index >= 15 is 0 Å². The molecule has 0 aromatic rings. The van der Waals surface area contributed by atoms with E-state index in [1.54, 1.807) is 0 Å². The third-order valence-electron chi connectivity index (χ3n) is 4.46. The number of hydrogen-bond acceptors (Lipinski definition) is 1. The fraction of sp³-hybridized carbons (Fsp3) is 1.00. The van der Waals surface area contributed by atoms with Crippen LogP contribution in [0.5, 0.6) is 0 Å². The number of unbranched alkanes of at least 4 members (excludes halogenated alkanes) is 10. The number of hydrogen-bond donors (Lipinski definition) is 1. The molecule has 0 heterocycles. The molecule has 0 aromatic carbocycles. The molecule has 1 unspecified atom stereocenters. The van der Waals surface area contributed by atoms with E-state index in [1.807, 2.05) is 0 Å². The van der Waals surface area contributed by atoms with E-state index in [1.165, 1.54) is 83.5 Å². The van der Waals surface area contributed by atoms with Crippen LogP contribution >= 0.6 is 0 Å². The molecule has 0 spiro atoms. The second kappa shape index (κ2) is 16.3. The average molecular weight is 299 g/mol. The molecular formula is C20H42O. The predicted octanol–water partition coefficient (Wildman–Crippen LogP) is 6.87. The zero-order valence-corrected chi connectivity index (χ0v) is 15.2. The lowest BCUT2D eigenvalue weighted by atomic mass is 10.0. The third-order valence-corrected chi connectivity index (χ3v) is 4.46. The minimum atomic E-state index is -0.0337. The highest BCUT2D eigenvalue weighted by Crippen LogP contribution is 2.15. The Balaban J connectivity index is 3.14. The van der Waals surface area contributed by atoms with Gasteiger partial charge in [0, 0.05) is 0 Å². The van der Waals surface area contributed by atoms with Crippen molar-refractivity contribution in [3.05, 3.63) is 0 Å². The smallest absolute Gasteiger partial charge is 0.0540 e. The Bertz CT molecular complexity index is 188. The van der Waals surface area contributed by atoms with E-state index in [9.17, 15) is 5.11 Å². The molecule has 1 nitrogen and oxygen atoms in total. The van der Waals surface area contributed by atoms with Crippen LogP contribution in [0.3, 0.4) is 0 Å². The summed E-state index contributed by atoms with van der Waals surface area (Å²) in [6.07, 6.45) is 19.5. The topological polar surface area (TPSA) is 20.2 Å². The summed E-state index contributed by atoms with van der Waals surface area (Å²) in [6.45, 7) is 6.85. The average Bonchev–Trinajstić information content (AvgIpc) is 2.45. The van der Waals surface area contributed by atoms with Crippen LogP contribution in [0.25, 0.3) is 0 Å². The Labute approximate surface area is 134 Å². The number of aliphatic hydroxyl groups is 1. The lowest BCUT2D eigenvalue weighted by Gasteiger charge is -2.10. The van der Waals surface area contributed by atoms with Crippen molar-refractivity contribution in [2.45, 2.75) is 123 Å². The minimum absolute atomic E-state index is 0.0337. The highest BCUT2D eigenvalue weighted by Gasteiger charge is 2.04. The lowest BCUT2D eigenvalue weighted by Crippen LogP contribution is -2.06. The maximum absolute atomic E-state index is 9.96. The summed E-state index contributed by atoms with van der Waals surface area (Å²) in [5, 5.41) is 9.96. The quantitative estimate of drug-likeness (QED) is 0.308. The van der Waals surface area contributed by atoms with Gasteiger partial charge < -0.3 is 5.11 Å². The SMILES string of the molecule is CCCCCCCCCCCC(O)CCCCCC(C)C. The Morgan fingerprint density at radius 3 is 1.43 bits per heavy atom. The summed E-state index contributed by atoms with van der Waals surface area (Å²) in [5.41, 5.74) is 0. The summed E-state index contributed by atoms with van der Waals surface area (Å²) in [5.74, 6) is 0.830. The molecule has 0 aliphatic carbocycles. The molecule has 1 heteroatoms. The van der Waals surface area contributed by atoms with Crippen molar-refractivity contribution in [2.75, 3.05) is 0 Å². The molecule has 128 valence electrons. The van der Waals surface area contributed by atoms with Crippen molar-refractivity contribution in [3.8, 4) is 0 Å². The van der Waals surface area contributed by atoms with Gasteiger partial charge in [-0.2, -0.15) is 0 Å². The van der Waals surface area contributed by atoms with Crippen molar-refractivity contribution in [1.82, 2.24) is 0 Å². The van der Waals surface area contributed by atoms with Gasteiger partial charge >= 0.3 is 0 Å². The molecule has 0 fully saturated rings. The Morgan fingerprint density at radius 2 is 0.952 bits per heavy atom. The van der Waals surface area contributed by atoms with Crippen molar-refractivity contribution < 1.29 is 5.11 Å². The van der Waals surface area contributed by atoms with Gasteiger partial charge in [0.25, 0.3) is 0 Å². The van der Waals surface area contributed by atoms with E-state index in [-0.39, 0.29) is 6.10 Å². The largest absolute Gasteiger partial charge is 0.393 e. The summed E-state index contributed by atoms with van der Waals surface area (Å²) >= 11 is 0. The molecule has 0 saturated heterocycles. The Kier molecular flexibility index (Phi) is 16.3. The molecule has 1 atom stereocenters. The molecule has 21 heavy (non-hydrogen) atoms. The summed E-state index contributed by atoms with van der Waals surface area (Å²) in [6, 6.07) is 0. The van der Waals surface area contributed by atoms with Crippen molar-refractivity contribution in [1.29, 1.82) is 0 Å². The van der Waals surface area contributed by atoms with Crippen LogP contribution < -0.4 is 0 Å². The maximum atomic E-state index is 9.96. The molecule has 1 N–H and O–H groups in total. The standard InChI is InChI=1S/C20H42O/c1-4-5-6-7-8-9-10-11-14-17-20(21)18-15-12-13-16-19(2)3/h19-21H,4-18H2,1-3H3. The maximum Gasteiger partial charge on any atom is 0.0540 e. The van der Waals surface area contributed by atoms with Crippen molar-refractivity contribution in [2.24, 2.45) is 5.92 Å². The molecule has 0 amide bonds. The molecule has 0 aromatic heterocycles. The van der Waals surface area contributed by atoms with Gasteiger partial charge in [-0.25, -0.2) is 0 Å². The van der Waals surface area contributed by atoms with Crippen LogP contribution in [0.15, 0.2) is 0 Å². The zero-order chi connectivity index (χ0) is 15.8. The summed E-state index contributed by atoms with van der Waals surface area (Å²) in [4.78, 5) is 0. The lowest BCUT2D eigenvalue weighted by molar-refractivity contribution is 0.147. The van der Waals surface area contributed by atoms with E-state index < -0.39 is 0 Å². The normalized spacial score (nSPS) is 13.0. The highest BCUT2D eigenvalue weighted by molar-refractivity contribution is 4.58. The summed E-state index contributed by atoms with van der Waals surface area (Å²) in [7, 11) is 0. The first kappa shape index (κ1) is 21.0. The first-order valence-corrected chi connectivity index (χ1v) is 9.84. The van der Waals surface area contributed by atoms with Crippen molar-refractivity contribution >= 4 is 0 Å². The van der Waals surface area contributed by atoms with Crippen LogP contribution in [0, 0.1) is 5.92 Å². The minimum Gasteiger partial charge on any atom is -0.393 e. The van der Waals surface area contributed by atoms with E-state index in [4.69, 9.17) is 0 Å². The van der Waals surface area contributed by atoms with Gasteiger partial charge in [0.15, 0.2) is 0 Å². The molecule has 0 bridgehead atoms. The van der Waals surface area contributed by atoms with Crippen LogP contribution in [0.1, 0.15) is 117 Å². The van der Waals surface area contributed by atoms with Gasteiger partial charge in [-0.3, -0.25) is 0 Å². The second-order valence-electron chi connectivity index (χ2n) is 7.30.